The molecule has 4 fully saturated rings. The molecule has 5 heterocycles. The molecular formula is C50H58FN7O7S. The number of amides is 1. The third-order valence-corrected chi connectivity index (χ3v) is 16.6. The number of ether oxygens (including phenoxy) is 2. The lowest BCUT2D eigenvalue weighted by Gasteiger charge is -2.56. The lowest BCUT2D eigenvalue weighted by molar-refractivity contribution is -0.384. The van der Waals surface area contributed by atoms with Crippen molar-refractivity contribution >= 4 is 44.0 Å². The van der Waals surface area contributed by atoms with Crippen LogP contribution in [0, 0.1) is 33.2 Å². The average Bonchev–Trinajstić information content (AvgIpc) is 3.94. The summed E-state index contributed by atoms with van der Waals surface area (Å²) in [6.07, 6.45) is 13.4. The largest absolute Gasteiger partial charge is 0.489 e. The molecule has 2 saturated heterocycles. The van der Waals surface area contributed by atoms with E-state index in [1.165, 1.54) is 67.4 Å². The summed E-state index contributed by atoms with van der Waals surface area (Å²) in [5.74, 6) is 0.0386. The second-order valence-electron chi connectivity index (χ2n) is 19.8. The SMILES string of the molecule is CC(C)c1ccccc1[C@H]1CCCN1C1CC2(CCN(c3ccc(C(=O)NS(=O)(=O)c4cc5c(c([N+](=O)[O-])c4)N[C@@H]([C@H]4CC[C@H](C)CC4)CO5)c(Oc4cnc5[nH]cc(F)c5c4)c3)CC2)C1. The van der Waals surface area contributed by atoms with E-state index in [1.807, 2.05) is 0 Å². The van der Waals surface area contributed by atoms with Crippen molar-refractivity contribution in [1.29, 1.82) is 0 Å². The second-order valence-corrected chi connectivity index (χ2v) is 21.5. The van der Waals surface area contributed by atoms with Crippen molar-refractivity contribution in [2.45, 2.75) is 114 Å². The molecule has 2 aliphatic carbocycles. The van der Waals surface area contributed by atoms with Gasteiger partial charge in [0.25, 0.3) is 21.6 Å². The second kappa shape index (κ2) is 17.5. The maximum Gasteiger partial charge on any atom is 0.297 e. The molecule has 0 radical (unpaired) electrons. The smallest absolute Gasteiger partial charge is 0.297 e. The number of likely N-dealkylation sites (tertiary alicyclic amines) is 1. The lowest BCUT2D eigenvalue weighted by Crippen LogP contribution is -2.54. The fraction of sp³-hybridized carbons (Fsp3) is 0.480. The minimum absolute atomic E-state index is 0.0269. The zero-order chi connectivity index (χ0) is 45.9. The van der Waals surface area contributed by atoms with E-state index in [2.05, 4.69) is 74.8 Å². The van der Waals surface area contributed by atoms with E-state index in [-0.39, 0.29) is 57.9 Å². The molecule has 10 rings (SSSR count). The lowest BCUT2D eigenvalue weighted by atomic mass is 9.59. The first-order chi connectivity index (χ1) is 31.7. The van der Waals surface area contributed by atoms with Crippen LogP contribution in [0.4, 0.5) is 21.5 Å². The summed E-state index contributed by atoms with van der Waals surface area (Å²) in [6, 6.07) is 18.4. The van der Waals surface area contributed by atoms with Crippen molar-refractivity contribution in [1.82, 2.24) is 19.6 Å². The van der Waals surface area contributed by atoms with Gasteiger partial charge in [-0.15, -0.1) is 0 Å². The van der Waals surface area contributed by atoms with Gasteiger partial charge in [0.15, 0.2) is 11.4 Å². The van der Waals surface area contributed by atoms with Crippen LogP contribution < -0.4 is 24.4 Å². The number of aromatic amines is 1. The molecule has 2 atom stereocenters. The van der Waals surface area contributed by atoms with Crippen LogP contribution >= 0.6 is 0 Å². The molecule has 348 valence electrons. The van der Waals surface area contributed by atoms with Gasteiger partial charge in [-0.3, -0.25) is 19.8 Å². The molecule has 1 spiro atoms. The van der Waals surface area contributed by atoms with Crippen molar-refractivity contribution in [3.05, 3.63) is 106 Å². The number of nitro groups is 1. The Balaban J connectivity index is 0.865. The highest BCUT2D eigenvalue weighted by molar-refractivity contribution is 7.90. The number of anilines is 2. The molecule has 0 unspecified atom stereocenters. The van der Waals surface area contributed by atoms with Crippen molar-refractivity contribution in [2.24, 2.45) is 17.3 Å². The molecule has 1 amide bonds. The molecule has 66 heavy (non-hydrogen) atoms. The standard InChI is InChI=1S/C50H58FN7O7S/c1-30(2)37-7-4-5-8-38(37)43-9-6-18-57(43)34-25-50(26-34)16-19-56(20-17-50)33-14-15-39(45(21-33)65-35-22-40-41(51)28-53-48(40)52-27-35)49(59)55-66(62,63)36-23-44(58(60)61)47-46(24-36)64-29-42(54-47)32-12-10-31(3)11-13-32/h4-5,7-8,14-15,21-24,27-28,30-32,34,42-43,54H,6,9-13,16-20,25-26,29H2,1-3H3,(H,52,53)(H,55,59)/t31-,32-,42-,43-/m1/s1. The van der Waals surface area contributed by atoms with Crippen molar-refractivity contribution in [3.63, 3.8) is 0 Å². The van der Waals surface area contributed by atoms with Crippen molar-refractivity contribution < 1.29 is 32.0 Å². The maximum absolute atomic E-state index is 14.7. The number of sulfonamides is 1. The zero-order valence-corrected chi connectivity index (χ0v) is 38.5. The number of rotatable bonds is 11. The summed E-state index contributed by atoms with van der Waals surface area (Å²) >= 11 is 0. The molecule has 0 bridgehead atoms. The number of carbonyl (C=O) groups is 1. The van der Waals surface area contributed by atoms with E-state index in [4.69, 9.17) is 9.47 Å². The van der Waals surface area contributed by atoms with E-state index in [9.17, 15) is 27.7 Å². The summed E-state index contributed by atoms with van der Waals surface area (Å²) in [5.41, 5.74) is 3.86. The maximum atomic E-state index is 14.7. The first kappa shape index (κ1) is 44.1. The first-order valence-electron chi connectivity index (χ1n) is 23.6. The molecular weight excluding hydrogens is 862 g/mol. The number of benzene rings is 3. The summed E-state index contributed by atoms with van der Waals surface area (Å²) in [4.78, 5) is 37.4. The number of halogens is 1. The van der Waals surface area contributed by atoms with Gasteiger partial charge in [0, 0.05) is 55.3 Å². The van der Waals surface area contributed by atoms with Crippen LogP contribution in [0.3, 0.4) is 0 Å². The van der Waals surface area contributed by atoms with E-state index < -0.39 is 37.3 Å². The predicted molar refractivity (Wildman–Crippen MR) is 250 cm³/mol. The number of piperidine rings is 1. The quantitative estimate of drug-likeness (QED) is 0.0850. The Morgan fingerprint density at radius 2 is 1.80 bits per heavy atom. The van der Waals surface area contributed by atoms with Crippen LogP contribution in [0.25, 0.3) is 11.0 Å². The number of nitrogens with one attached hydrogen (secondary N) is 3. The topological polar surface area (TPSA) is 172 Å². The van der Waals surface area contributed by atoms with E-state index in [1.54, 1.807) is 12.1 Å². The van der Waals surface area contributed by atoms with Gasteiger partial charge in [0.05, 0.1) is 33.0 Å². The normalized spacial score (nSPS) is 23.3. The Labute approximate surface area is 384 Å². The molecule has 3 N–H and O–H groups in total. The Hall–Kier alpha value is -5.74. The average molecular weight is 920 g/mol. The van der Waals surface area contributed by atoms with Crippen LogP contribution in [-0.4, -0.2) is 72.4 Å². The highest BCUT2D eigenvalue weighted by Gasteiger charge is 2.50. The van der Waals surface area contributed by atoms with Crippen LogP contribution in [0.2, 0.25) is 0 Å². The first-order valence-corrected chi connectivity index (χ1v) is 25.1. The fourth-order valence-corrected chi connectivity index (χ4v) is 12.6. The van der Waals surface area contributed by atoms with E-state index in [0.717, 1.165) is 69.9 Å². The fourth-order valence-electron chi connectivity index (χ4n) is 11.6. The van der Waals surface area contributed by atoms with E-state index >= 15 is 0 Å². The Kier molecular flexibility index (Phi) is 11.7. The number of nitro benzene ring substituents is 1. The zero-order valence-electron chi connectivity index (χ0n) is 37.7. The van der Waals surface area contributed by atoms with Gasteiger partial charge in [-0.05, 0) is 110 Å². The molecule has 3 aliphatic heterocycles. The van der Waals surface area contributed by atoms with E-state index in [0.29, 0.717) is 29.6 Å². The highest BCUT2D eigenvalue weighted by Crippen LogP contribution is 2.54. The summed E-state index contributed by atoms with van der Waals surface area (Å²) in [5, 5.41) is 15.9. The number of nitrogens with zero attached hydrogens (tertiary/aromatic N) is 4. The van der Waals surface area contributed by atoms with Gasteiger partial charge in [-0.1, -0.05) is 57.9 Å². The van der Waals surface area contributed by atoms with Crippen LogP contribution in [0.1, 0.15) is 118 Å². The summed E-state index contributed by atoms with van der Waals surface area (Å²) < 4.78 is 57.0. The Morgan fingerprint density at radius 1 is 1.03 bits per heavy atom. The number of fused-ring (bicyclic) bond motifs is 2. The number of pyridine rings is 1. The monoisotopic (exact) mass is 919 g/mol. The molecule has 3 aromatic carbocycles. The Bertz CT molecular complexity index is 2770. The van der Waals surface area contributed by atoms with Crippen LogP contribution in [0.5, 0.6) is 17.2 Å². The van der Waals surface area contributed by atoms with Gasteiger partial charge < -0.3 is 24.7 Å². The van der Waals surface area contributed by atoms with Gasteiger partial charge in [-0.25, -0.2) is 22.5 Å². The molecule has 14 nitrogen and oxygen atoms in total. The number of aromatic nitrogens is 2. The number of H-pyrrole nitrogens is 1. The predicted octanol–water partition coefficient (Wildman–Crippen LogP) is 10.2. The molecule has 5 aromatic rings. The number of hydrogen-bond acceptors (Lipinski definition) is 11. The number of carbonyl (C=O) groups excluding carboxylic acids is 1. The third kappa shape index (κ3) is 8.46. The summed E-state index contributed by atoms with van der Waals surface area (Å²) in [7, 11) is -4.68. The molecule has 2 saturated carbocycles. The third-order valence-electron chi connectivity index (χ3n) is 15.3. The van der Waals surface area contributed by atoms with Gasteiger partial charge in [0.1, 0.15) is 29.6 Å². The highest BCUT2D eigenvalue weighted by atomic mass is 32.2. The van der Waals surface area contributed by atoms with Gasteiger partial charge in [-0.2, -0.15) is 0 Å². The van der Waals surface area contributed by atoms with Gasteiger partial charge in [0.2, 0.25) is 0 Å². The van der Waals surface area contributed by atoms with Crippen molar-refractivity contribution in [2.75, 3.05) is 36.5 Å². The Morgan fingerprint density at radius 3 is 2.56 bits per heavy atom. The minimum Gasteiger partial charge on any atom is -0.489 e. The minimum atomic E-state index is -4.68. The van der Waals surface area contributed by atoms with Crippen molar-refractivity contribution in [3.8, 4) is 17.2 Å². The molecule has 16 heteroatoms. The molecule has 5 aliphatic rings. The number of hydrogen-bond donors (Lipinski definition) is 3. The summed E-state index contributed by atoms with van der Waals surface area (Å²) in [6.45, 7) is 9.72. The molecule has 2 aromatic heterocycles. The van der Waals surface area contributed by atoms with Crippen LogP contribution in [0.15, 0.2) is 78.0 Å². The van der Waals surface area contributed by atoms with Gasteiger partial charge >= 0.3 is 0 Å². The van der Waals surface area contributed by atoms with Crippen LogP contribution in [-0.2, 0) is 10.0 Å².